The number of carbonyl (C=O) groups excluding carboxylic acids is 1. The number of carbonyl (C=O) groups is 1. The zero-order valence-electron chi connectivity index (χ0n) is 17.1. The Morgan fingerprint density at radius 2 is 1.69 bits per heavy atom. The average Bonchev–Trinajstić information content (AvgIpc) is 2.85. The van der Waals surface area contributed by atoms with Crippen molar-refractivity contribution in [1.82, 2.24) is 19.8 Å². The number of amides is 1. The Hall–Kier alpha value is -2.69. The lowest BCUT2D eigenvalue weighted by Crippen LogP contribution is -2.49. The molecule has 0 bridgehead atoms. The summed E-state index contributed by atoms with van der Waals surface area (Å²) in [5.74, 6) is -0.303. The SMILES string of the molecule is O=C(NO)c1cnc(NC2(c3ccccc3)CCN([S+]([O-])c3ccc(Cl)cc3)CC2)nc1. The van der Waals surface area contributed by atoms with Gasteiger partial charge in [-0.15, -0.1) is 4.31 Å². The van der Waals surface area contributed by atoms with E-state index < -0.39 is 22.8 Å². The zero-order chi connectivity index (χ0) is 22.6. The Balaban J connectivity index is 1.53. The molecule has 0 radical (unpaired) electrons. The van der Waals surface area contributed by atoms with Gasteiger partial charge in [0.2, 0.25) is 5.95 Å². The molecule has 0 saturated carbocycles. The van der Waals surface area contributed by atoms with Crippen LogP contribution in [0, 0.1) is 0 Å². The molecule has 32 heavy (non-hydrogen) atoms. The van der Waals surface area contributed by atoms with Crippen LogP contribution in [0.1, 0.15) is 28.8 Å². The molecule has 10 heteroatoms. The number of hydrogen-bond donors (Lipinski definition) is 3. The van der Waals surface area contributed by atoms with Crippen molar-refractivity contribution >= 4 is 34.8 Å². The molecule has 2 aromatic carbocycles. The van der Waals surface area contributed by atoms with Gasteiger partial charge in [0.15, 0.2) is 4.90 Å². The third kappa shape index (κ3) is 4.87. The molecule has 1 aliphatic heterocycles. The molecule has 1 amide bonds. The maximum absolute atomic E-state index is 13.0. The molecule has 2 heterocycles. The fourth-order valence-electron chi connectivity index (χ4n) is 3.77. The minimum Gasteiger partial charge on any atom is -0.593 e. The smallest absolute Gasteiger partial charge is 0.277 e. The van der Waals surface area contributed by atoms with Crippen molar-refractivity contribution in [2.45, 2.75) is 23.3 Å². The highest BCUT2D eigenvalue weighted by Crippen LogP contribution is 2.37. The number of hydroxylamine groups is 1. The monoisotopic (exact) mass is 471 g/mol. The number of nitrogens with one attached hydrogen (secondary N) is 2. The topological polar surface area (TPSA) is 113 Å². The predicted octanol–water partition coefficient (Wildman–Crippen LogP) is 3.38. The Labute approximate surface area is 193 Å². The maximum atomic E-state index is 13.0. The van der Waals surface area contributed by atoms with E-state index in [0.717, 1.165) is 10.5 Å². The molecule has 0 aliphatic carbocycles. The van der Waals surface area contributed by atoms with Gasteiger partial charge < -0.3 is 9.87 Å². The zero-order valence-corrected chi connectivity index (χ0v) is 18.6. The van der Waals surface area contributed by atoms with Crippen LogP contribution in [0.2, 0.25) is 5.02 Å². The van der Waals surface area contributed by atoms with Gasteiger partial charge in [-0.1, -0.05) is 41.9 Å². The van der Waals surface area contributed by atoms with Gasteiger partial charge in [0.05, 0.1) is 22.5 Å². The van der Waals surface area contributed by atoms with Crippen molar-refractivity contribution < 1.29 is 14.6 Å². The number of hydrogen-bond acceptors (Lipinski definition) is 7. The average molecular weight is 472 g/mol. The van der Waals surface area contributed by atoms with Crippen molar-refractivity contribution in [3.8, 4) is 0 Å². The van der Waals surface area contributed by atoms with Gasteiger partial charge in [-0.2, -0.15) is 0 Å². The van der Waals surface area contributed by atoms with Crippen LogP contribution in [0.4, 0.5) is 5.95 Å². The van der Waals surface area contributed by atoms with Crippen LogP contribution < -0.4 is 10.8 Å². The minimum absolute atomic E-state index is 0.153. The van der Waals surface area contributed by atoms with E-state index in [2.05, 4.69) is 15.3 Å². The Bertz CT molecular complexity index is 1050. The van der Waals surface area contributed by atoms with Crippen LogP contribution in [0.15, 0.2) is 71.9 Å². The largest absolute Gasteiger partial charge is 0.593 e. The lowest BCUT2D eigenvalue weighted by molar-refractivity contribution is 0.0705. The molecule has 1 atom stereocenters. The summed E-state index contributed by atoms with van der Waals surface area (Å²) in [6.45, 7) is 1.20. The summed E-state index contributed by atoms with van der Waals surface area (Å²) < 4.78 is 15.0. The molecule has 166 valence electrons. The molecule has 0 spiro atoms. The molecular weight excluding hydrogens is 450 g/mol. The summed E-state index contributed by atoms with van der Waals surface area (Å²) in [6, 6.07) is 17.1. The van der Waals surface area contributed by atoms with Crippen molar-refractivity contribution in [2.75, 3.05) is 18.4 Å². The van der Waals surface area contributed by atoms with Crippen molar-refractivity contribution in [3.63, 3.8) is 0 Å². The molecule has 3 N–H and O–H groups in total. The first-order valence-corrected chi connectivity index (χ1v) is 11.5. The first-order chi connectivity index (χ1) is 15.5. The number of halogens is 1. The molecule has 8 nitrogen and oxygen atoms in total. The molecule has 3 aromatic rings. The van der Waals surface area contributed by atoms with E-state index in [1.54, 1.807) is 29.7 Å². The summed E-state index contributed by atoms with van der Waals surface area (Å²) in [7, 11) is 0. The third-order valence-electron chi connectivity index (χ3n) is 5.52. The van der Waals surface area contributed by atoms with E-state index in [1.807, 2.05) is 34.6 Å². The standard InChI is InChI=1S/C22H22ClN5O3S/c23-18-6-8-19(9-7-18)32(31)28-12-10-22(11-13-28,17-4-2-1-3-5-17)26-21-24-14-16(15-25-21)20(29)27-30/h1-9,14-15,30H,10-13H2,(H,27,29)(H,24,25,26). The van der Waals surface area contributed by atoms with Crippen LogP contribution in [0.5, 0.6) is 0 Å². The number of rotatable bonds is 6. The summed E-state index contributed by atoms with van der Waals surface area (Å²) in [6.07, 6.45) is 4.06. The van der Waals surface area contributed by atoms with Gasteiger partial charge in [-0.05, 0) is 42.7 Å². The Morgan fingerprint density at radius 3 is 2.28 bits per heavy atom. The molecule has 1 fully saturated rings. The molecule has 4 rings (SSSR count). The normalized spacial score (nSPS) is 16.8. The second-order valence-corrected chi connectivity index (χ2v) is 9.36. The van der Waals surface area contributed by atoms with E-state index in [0.29, 0.717) is 36.9 Å². The van der Waals surface area contributed by atoms with Crippen LogP contribution in [0.25, 0.3) is 0 Å². The highest BCUT2D eigenvalue weighted by molar-refractivity contribution is 7.89. The van der Waals surface area contributed by atoms with E-state index >= 15 is 0 Å². The number of piperidine rings is 1. The molecule has 1 saturated heterocycles. The van der Waals surface area contributed by atoms with E-state index in [1.165, 1.54) is 12.4 Å². The predicted molar refractivity (Wildman–Crippen MR) is 122 cm³/mol. The maximum Gasteiger partial charge on any atom is 0.277 e. The van der Waals surface area contributed by atoms with Gasteiger partial charge in [0.1, 0.15) is 0 Å². The molecular formula is C22H22ClN5O3S. The van der Waals surface area contributed by atoms with E-state index in [9.17, 15) is 9.35 Å². The molecule has 1 aliphatic rings. The van der Waals surface area contributed by atoms with Crippen LogP contribution >= 0.6 is 11.6 Å². The van der Waals surface area contributed by atoms with Crippen molar-refractivity contribution in [1.29, 1.82) is 0 Å². The second-order valence-electron chi connectivity index (χ2n) is 7.44. The number of anilines is 1. The first-order valence-electron chi connectivity index (χ1n) is 10.0. The quantitative estimate of drug-likeness (QED) is 0.287. The van der Waals surface area contributed by atoms with E-state index in [4.69, 9.17) is 16.8 Å². The summed E-state index contributed by atoms with van der Waals surface area (Å²) in [5, 5.41) is 12.8. The van der Waals surface area contributed by atoms with E-state index in [-0.39, 0.29) is 5.56 Å². The van der Waals surface area contributed by atoms with Gasteiger partial charge in [-0.3, -0.25) is 10.0 Å². The Morgan fingerprint density at radius 1 is 1.06 bits per heavy atom. The first kappa shape index (κ1) is 22.5. The second kappa shape index (κ2) is 9.85. The fraction of sp³-hybridized carbons (Fsp3) is 0.227. The van der Waals surface area contributed by atoms with Gasteiger partial charge >= 0.3 is 0 Å². The van der Waals surface area contributed by atoms with Crippen molar-refractivity contribution in [3.05, 3.63) is 83.1 Å². The highest BCUT2D eigenvalue weighted by atomic mass is 35.5. The fourth-order valence-corrected chi connectivity index (χ4v) is 5.07. The summed E-state index contributed by atoms with van der Waals surface area (Å²) in [4.78, 5) is 20.7. The number of nitrogens with zero attached hydrogens (tertiary/aromatic N) is 3. The summed E-state index contributed by atoms with van der Waals surface area (Å²) >= 11 is 4.68. The molecule has 1 aromatic heterocycles. The Kier molecular flexibility index (Phi) is 6.92. The third-order valence-corrected chi connectivity index (χ3v) is 7.28. The minimum atomic E-state index is -1.28. The van der Waals surface area contributed by atoms with Crippen molar-refractivity contribution in [2.24, 2.45) is 0 Å². The lowest BCUT2D eigenvalue weighted by atomic mass is 9.81. The lowest BCUT2D eigenvalue weighted by Gasteiger charge is -2.42. The van der Waals surface area contributed by atoms with Crippen LogP contribution in [-0.4, -0.2) is 43.0 Å². The van der Waals surface area contributed by atoms with Crippen LogP contribution in [0.3, 0.4) is 0 Å². The highest BCUT2D eigenvalue weighted by Gasteiger charge is 2.40. The van der Waals surface area contributed by atoms with Gasteiger partial charge in [0.25, 0.3) is 5.91 Å². The summed E-state index contributed by atoms with van der Waals surface area (Å²) in [5.41, 5.74) is 2.34. The van der Waals surface area contributed by atoms with Crippen LogP contribution in [-0.2, 0) is 16.9 Å². The molecule has 1 unspecified atom stereocenters. The van der Waals surface area contributed by atoms with Gasteiger partial charge in [0, 0.05) is 30.5 Å². The van der Waals surface area contributed by atoms with Gasteiger partial charge in [-0.25, -0.2) is 15.4 Å². The number of benzene rings is 2. The number of aromatic nitrogens is 2.